The van der Waals surface area contributed by atoms with Crippen LogP contribution in [0.3, 0.4) is 0 Å². The minimum atomic E-state index is -0.118. The van der Waals surface area contributed by atoms with Crippen LogP contribution >= 0.6 is 0 Å². The first kappa shape index (κ1) is 16.7. The van der Waals surface area contributed by atoms with Crippen LogP contribution in [-0.4, -0.2) is 31.6 Å². The van der Waals surface area contributed by atoms with Gasteiger partial charge in [-0.3, -0.25) is 9.79 Å². The fraction of sp³-hybridized carbons (Fsp3) is 0.846. The second-order valence-corrected chi connectivity index (χ2v) is 4.66. The fourth-order valence-electron chi connectivity index (χ4n) is 1.55. The molecule has 18 heavy (non-hydrogen) atoms. The largest absolute Gasteiger partial charge is 0.469 e. The topological polar surface area (TPSA) is 76.7 Å². The number of aliphatic imine (C=N–C) groups is 1. The maximum atomic E-state index is 10.8. The lowest BCUT2D eigenvalue weighted by Crippen LogP contribution is -2.36. The van der Waals surface area contributed by atoms with Gasteiger partial charge in [0.2, 0.25) is 0 Å². The van der Waals surface area contributed by atoms with Gasteiger partial charge >= 0.3 is 5.97 Å². The summed E-state index contributed by atoms with van der Waals surface area (Å²) in [5, 5.41) is 3.05. The van der Waals surface area contributed by atoms with Crippen molar-refractivity contribution in [3.63, 3.8) is 0 Å². The molecule has 3 N–H and O–H groups in total. The SMILES string of the molecule is COC(=O)CCCCCCCN=C(N)NC(C)C. The summed E-state index contributed by atoms with van der Waals surface area (Å²) >= 11 is 0. The van der Waals surface area contributed by atoms with Crippen LogP contribution in [0.25, 0.3) is 0 Å². The number of carbonyl (C=O) groups excluding carboxylic acids is 1. The van der Waals surface area contributed by atoms with Crippen LogP contribution in [0.5, 0.6) is 0 Å². The Bertz CT molecular complexity index is 253. The van der Waals surface area contributed by atoms with Gasteiger partial charge in [0.15, 0.2) is 5.96 Å². The van der Waals surface area contributed by atoms with Gasteiger partial charge < -0.3 is 15.8 Å². The van der Waals surface area contributed by atoms with Gasteiger partial charge in [-0.25, -0.2) is 0 Å². The van der Waals surface area contributed by atoms with E-state index in [-0.39, 0.29) is 5.97 Å². The third-order valence-electron chi connectivity index (χ3n) is 2.49. The maximum absolute atomic E-state index is 10.8. The van der Waals surface area contributed by atoms with Gasteiger partial charge in [-0.2, -0.15) is 0 Å². The first-order valence-electron chi connectivity index (χ1n) is 6.69. The number of methoxy groups -OCH3 is 1. The predicted molar refractivity (Wildman–Crippen MR) is 74.5 cm³/mol. The van der Waals surface area contributed by atoms with Crippen molar-refractivity contribution in [2.75, 3.05) is 13.7 Å². The molecule has 106 valence electrons. The lowest BCUT2D eigenvalue weighted by molar-refractivity contribution is -0.140. The van der Waals surface area contributed by atoms with Crippen molar-refractivity contribution in [1.82, 2.24) is 5.32 Å². The third kappa shape index (κ3) is 11.2. The van der Waals surface area contributed by atoms with Crippen LogP contribution in [0.4, 0.5) is 0 Å². The number of rotatable bonds is 9. The van der Waals surface area contributed by atoms with Crippen molar-refractivity contribution in [3.05, 3.63) is 0 Å². The molecule has 0 aromatic carbocycles. The molecule has 0 saturated heterocycles. The zero-order chi connectivity index (χ0) is 13.8. The zero-order valence-electron chi connectivity index (χ0n) is 11.9. The number of carbonyl (C=O) groups is 1. The van der Waals surface area contributed by atoms with Crippen molar-refractivity contribution in [3.8, 4) is 0 Å². The Morgan fingerprint density at radius 1 is 1.22 bits per heavy atom. The van der Waals surface area contributed by atoms with Gasteiger partial charge in [-0.15, -0.1) is 0 Å². The van der Waals surface area contributed by atoms with Gasteiger partial charge in [-0.05, 0) is 26.7 Å². The van der Waals surface area contributed by atoms with Crippen molar-refractivity contribution in [2.24, 2.45) is 10.7 Å². The lowest BCUT2D eigenvalue weighted by atomic mass is 10.1. The molecule has 0 fully saturated rings. The van der Waals surface area contributed by atoms with Crippen molar-refractivity contribution >= 4 is 11.9 Å². The Morgan fingerprint density at radius 2 is 1.83 bits per heavy atom. The number of nitrogens with two attached hydrogens (primary N) is 1. The van der Waals surface area contributed by atoms with Crippen LogP contribution in [0.15, 0.2) is 4.99 Å². The van der Waals surface area contributed by atoms with Crippen molar-refractivity contribution in [2.45, 2.75) is 58.4 Å². The molecule has 0 heterocycles. The van der Waals surface area contributed by atoms with Crippen molar-refractivity contribution in [1.29, 1.82) is 0 Å². The summed E-state index contributed by atoms with van der Waals surface area (Å²) < 4.78 is 4.58. The third-order valence-corrected chi connectivity index (χ3v) is 2.49. The second-order valence-electron chi connectivity index (χ2n) is 4.66. The number of unbranched alkanes of at least 4 members (excludes halogenated alkanes) is 4. The summed E-state index contributed by atoms with van der Waals surface area (Å²) in [6.07, 6.45) is 5.80. The highest BCUT2D eigenvalue weighted by Crippen LogP contribution is 2.05. The maximum Gasteiger partial charge on any atom is 0.305 e. The molecule has 0 spiro atoms. The molecule has 0 aromatic heterocycles. The lowest BCUT2D eigenvalue weighted by Gasteiger charge is -2.08. The molecule has 0 bridgehead atoms. The molecule has 5 heteroatoms. The van der Waals surface area contributed by atoms with E-state index in [0.717, 1.165) is 38.6 Å². The summed E-state index contributed by atoms with van der Waals surface area (Å²) in [6.45, 7) is 4.83. The monoisotopic (exact) mass is 257 g/mol. The smallest absolute Gasteiger partial charge is 0.305 e. The van der Waals surface area contributed by atoms with Crippen LogP contribution in [0.1, 0.15) is 52.4 Å². The van der Waals surface area contributed by atoms with Gasteiger partial charge in [0.25, 0.3) is 0 Å². The number of hydrogen-bond donors (Lipinski definition) is 2. The normalized spacial score (nSPS) is 11.7. The summed E-state index contributed by atoms with van der Waals surface area (Å²) in [5.74, 6) is 0.405. The van der Waals surface area contributed by atoms with Crippen molar-refractivity contribution < 1.29 is 9.53 Å². The van der Waals surface area contributed by atoms with E-state index in [4.69, 9.17) is 5.73 Å². The van der Waals surface area contributed by atoms with Gasteiger partial charge in [0.05, 0.1) is 7.11 Å². The Balaban J connectivity index is 3.33. The first-order chi connectivity index (χ1) is 8.56. The van der Waals surface area contributed by atoms with E-state index in [1.54, 1.807) is 0 Å². The molecule has 0 rings (SSSR count). The van der Waals surface area contributed by atoms with Crippen LogP contribution in [0.2, 0.25) is 0 Å². The quantitative estimate of drug-likeness (QED) is 0.286. The number of ether oxygens (including phenoxy) is 1. The molecule has 0 radical (unpaired) electrons. The Hall–Kier alpha value is -1.26. The Morgan fingerprint density at radius 3 is 2.44 bits per heavy atom. The molecule has 0 aliphatic heterocycles. The second kappa shape index (κ2) is 10.9. The van der Waals surface area contributed by atoms with E-state index in [1.807, 2.05) is 13.8 Å². The average molecular weight is 257 g/mol. The van der Waals surface area contributed by atoms with E-state index < -0.39 is 0 Å². The Kier molecular flexibility index (Phi) is 10.1. The van der Waals surface area contributed by atoms with E-state index in [9.17, 15) is 4.79 Å². The molecule has 0 aliphatic rings. The van der Waals surface area contributed by atoms with Gasteiger partial charge in [0, 0.05) is 19.0 Å². The number of nitrogens with one attached hydrogen (secondary N) is 1. The van der Waals surface area contributed by atoms with Crippen LogP contribution in [0, 0.1) is 0 Å². The summed E-state index contributed by atoms with van der Waals surface area (Å²) in [5.41, 5.74) is 5.67. The van der Waals surface area contributed by atoms with Gasteiger partial charge in [0.1, 0.15) is 0 Å². The van der Waals surface area contributed by atoms with Gasteiger partial charge in [-0.1, -0.05) is 19.3 Å². The van der Waals surface area contributed by atoms with E-state index in [1.165, 1.54) is 7.11 Å². The van der Waals surface area contributed by atoms with Crippen LogP contribution in [-0.2, 0) is 9.53 Å². The first-order valence-corrected chi connectivity index (χ1v) is 6.69. The molecular formula is C13H27N3O2. The minimum absolute atomic E-state index is 0.118. The average Bonchev–Trinajstić information content (AvgIpc) is 2.31. The Labute approximate surface area is 110 Å². The summed E-state index contributed by atoms with van der Waals surface area (Å²) in [6, 6.07) is 0.326. The molecule has 0 amide bonds. The zero-order valence-corrected chi connectivity index (χ0v) is 11.9. The molecule has 0 unspecified atom stereocenters. The predicted octanol–water partition coefficient (Wildman–Crippen LogP) is 1.81. The number of hydrogen-bond acceptors (Lipinski definition) is 3. The van der Waals surface area contributed by atoms with E-state index >= 15 is 0 Å². The highest BCUT2D eigenvalue weighted by Gasteiger charge is 1.99. The molecule has 0 aromatic rings. The molecule has 0 atom stereocenters. The van der Waals surface area contributed by atoms with E-state index in [2.05, 4.69) is 15.0 Å². The summed E-state index contributed by atoms with van der Waals surface area (Å²) in [7, 11) is 1.43. The highest BCUT2D eigenvalue weighted by molar-refractivity contribution is 5.78. The van der Waals surface area contributed by atoms with E-state index in [0.29, 0.717) is 18.4 Å². The number of esters is 1. The minimum Gasteiger partial charge on any atom is -0.469 e. The fourth-order valence-corrected chi connectivity index (χ4v) is 1.55. The molecular weight excluding hydrogens is 230 g/mol. The molecule has 5 nitrogen and oxygen atoms in total. The summed E-state index contributed by atoms with van der Waals surface area (Å²) in [4.78, 5) is 15.1. The molecule has 0 aliphatic carbocycles. The molecule has 0 saturated carbocycles. The number of nitrogens with zero attached hydrogens (tertiary/aromatic N) is 1. The highest BCUT2D eigenvalue weighted by atomic mass is 16.5. The van der Waals surface area contributed by atoms with Crippen LogP contribution < -0.4 is 11.1 Å². The number of guanidine groups is 1. The standard InChI is InChI=1S/C13H27N3O2/c1-11(2)16-13(14)15-10-8-6-4-5-7-9-12(17)18-3/h11H,4-10H2,1-3H3,(H3,14,15,16).